The Labute approximate surface area is 155 Å². The molecule has 2 aromatic rings. The van der Waals surface area contributed by atoms with Gasteiger partial charge in [-0.15, -0.1) is 0 Å². The predicted molar refractivity (Wildman–Crippen MR) is 101 cm³/mol. The number of aryl methyl sites for hydroxylation is 1. The zero-order valence-electron chi connectivity index (χ0n) is 15.6. The van der Waals surface area contributed by atoms with Gasteiger partial charge >= 0.3 is 0 Å². The van der Waals surface area contributed by atoms with Gasteiger partial charge in [-0.1, -0.05) is 11.6 Å². The minimum absolute atomic E-state index is 0.0744. The first-order chi connectivity index (χ1) is 12.7. The van der Waals surface area contributed by atoms with E-state index in [1.54, 1.807) is 7.11 Å². The minimum Gasteiger partial charge on any atom is -0.496 e. The molecule has 1 amide bonds. The van der Waals surface area contributed by atoms with E-state index in [0.29, 0.717) is 17.2 Å². The fourth-order valence-corrected chi connectivity index (χ4v) is 3.91. The van der Waals surface area contributed by atoms with Gasteiger partial charge in [-0.3, -0.25) is 4.79 Å². The summed E-state index contributed by atoms with van der Waals surface area (Å²) in [7, 11) is 1.62. The van der Waals surface area contributed by atoms with Crippen LogP contribution in [0.2, 0.25) is 0 Å². The van der Waals surface area contributed by atoms with Crippen LogP contribution in [0.1, 0.15) is 53.3 Å². The molecule has 2 fully saturated rings. The Balaban J connectivity index is 1.43. The number of imidazole rings is 1. The van der Waals surface area contributed by atoms with Crippen LogP contribution in [-0.2, 0) is 6.54 Å². The molecule has 2 heterocycles. The molecule has 0 N–H and O–H groups in total. The third kappa shape index (κ3) is 3.48. The first kappa shape index (κ1) is 17.1. The lowest BCUT2D eigenvalue weighted by molar-refractivity contribution is 0.0706. The van der Waals surface area contributed by atoms with E-state index in [1.165, 1.54) is 18.7 Å². The van der Waals surface area contributed by atoms with E-state index in [1.807, 2.05) is 36.2 Å². The van der Waals surface area contributed by atoms with Crippen LogP contribution in [0.5, 0.6) is 5.75 Å². The van der Waals surface area contributed by atoms with Crippen molar-refractivity contribution in [2.24, 2.45) is 5.92 Å². The van der Waals surface area contributed by atoms with Crippen molar-refractivity contribution < 1.29 is 9.53 Å². The van der Waals surface area contributed by atoms with Crippen LogP contribution in [0.25, 0.3) is 0 Å². The molecule has 5 heteroatoms. The molecule has 1 aliphatic heterocycles. The predicted octanol–water partition coefficient (Wildman–Crippen LogP) is 3.63. The van der Waals surface area contributed by atoms with E-state index in [9.17, 15) is 4.79 Å². The van der Waals surface area contributed by atoms with Gasteiger partial charge in [0.05, 0.1) is 12.7 Å². The van der Waals surface area contributed by atoms with Gasteiger partial charge < -0.3 is 14.2 Å². The van der Waals surface area contributed by atoms with Crippen molar-refractivity contribution in [2.45, 2.75) is 45.1 Å². The van der Waals surface area contributed by atoms with Gasteiger partial charge in [0.25, 0.3) is 5.91 Å². The largest absolute Gasteiger partial charge is 0.496 e. The van der Waals surface area contributed by atoms with Crippen molar-refractivity contribution in [1.82, 2.24) is 14.5 Å². The van der Waals surface area contributed by atoms with Crippen molar-refractivity contribution in [3.63, 3.8) is 0 Å². The summed E-state index contributed by atoms with van der Waals surface area (Å²) in [5, 5.41) is 0. The Morgan fingerprint density at radius 1 is 1.23 bits per heavy atom. The number of carbonyl (C=O) groups is 1. The van der Waals surface area contributed by atoms with E-state index >= 15 is 0 Å². The minimum atomic E-state index is 0.0744. The van der Waals surface area contributed by atoms with Gasteiger partial charge in [0.1, 0.15) is 11.6 Å². The number of methoxy groups -OCH3 is 1. The number of benzene rings is 1. The molecular formula is C21H27N3O2. The molecule has 1 aliphatic carbocycles. The molecule has 0 radical (unpaired) electrons. The number of carbonyl (C=O) groups excluding carboxylic acids is 1. The summed E-state index contributed by atoms with van der Waals surface area (Å²) in [6.07, 6.45) is 8.69. The molecule has 0 bridgehead atoms. The number of nitrogens with zero attached hydrogens (tertiary/aromatic N) is 3. The SMILES string of the molecule is COc1ccc(C)cc1C(=O)N1CCC(c2nccn2CC2CC2)CC1. The zero-order chi connectivity index (χ0) is 18.1. The van der Waals surface area contributed by atoms with Crippen molar-refractivity contribution in [2.75, 3.05) is 20.2 Å². The molecule has 26 heavy (non-hydrogen) atoms. The highest BCUT2D eigenvalue weighted by Gasteiger charge is 2.29. The van der Waals surface area contributed by atoms with Crippen LogP contribution in [0, 0.1) is 12.8 Å². The maximum Gasteiger partial charge on any atom is 0.257 e. The second kappa shape index (κ2) is 7.14. The Hall–Kier alpha value is -2.30. The molecule has 138 valence electrons. The highest BCUT2D eigenvalue weighted by Crippen LogP contribution is 2.34. The van der Waals surface area contributed by atoms with E-state index in [-0.39, 0.29) is 5.91 Å². The Morgan fingerprint density at radius 2 is 2.00 bits per heavy atom. The fourth-order valence-electron chi connectivity index (χ4n) is 3.91. The van der Waals surface area contributed by atoms with Gasteiger partial charge in [-0.05, 0) is 50.7 Å². The van der Waals surface area contributed by atoms with E-state index < -0.39 is 0 Å². The highest BCUT2D eigenvalue weighted by molar-refractivity contribution is 5.97. The molecule has 1 saturated carbocycles. The molecule has 0 atom stereocenters. The van der Waals surface area contributed by atoms with Gasteiger partial charge in [-0.2, -0.15) is 0 Å². The molecule has 5 nitrogen and oxygen atoms in total. The zero-order valence-corrected chi connectivity index (χ0v) is 15.6. The highest BCUT2D eigenvalue weighted by atomic mass is 16.5. The smallest absolute Gasteiger partial charge is 0.257 e. The third-order valence-corrected chi connectivity index (χ3v) is 5.63. The number of piperidine rings is 1. The first-order valence-electron chi connectivity index (χ1n) is 9.60. The summed E-state index contributed by atoms with van der Waals surface area (Å²) >= 11 is 0. The molecule has 1 aromatic heterocycles. The van der Waals surface area contributed by atoms with E-state index in [2.05, 4.69) is 15.7 Å². The maximum atomic E-state index is 13.0. The van der Waals surface area contributed by atoms with Gasteiger partial charge in [-0.25, -0.2) is 4.98 Å². The fraction of sp³-hybridized carbons (Fsp3) is 0.524. The molecular weight excluding hydrogens is 326 g/mol. The average molecular weight is 353 g/mol. The van der Waals surface area contributed by atoms with E-state index in [4.69, 9.17) is 4.74 Å². The second-order valence-electron chi connectivity index (χ2n) is 7.65. The Kier molecular flexibility index (Phi) is 4.70. The lowest BCUT2D eigenvalue weighted by atomic mass is 9.95. The van der Waals surface area contributed by atoms with Crippen molar-refractivity contribution in [3.8, 4) is 5.75 Å². The number of hydrogen-bond donors (Lipinski definition) is 0. The standard InChI is InChI=1S/C21H27N3O2/c1-15-3-6-19(26-2)18(13-15)21(25)23-10-7-17(8-11-23)20-22-9-12-24(20)14-16-4-5-16/h3,6,9,12-13,16-17H,4-5,7-8,10-11,14H2,1-2H3. The van der Waals surface area contributed by atoms with Crippen LogP contribution < -0.4 is 4.74 Å². The summed E-state index contributed by atoms with van der Waals surface area (Å²) in [4.78, 5) is 19.6. The van der Waals surface area contributed by atoms with Crippen molar-refractivity contribution in [3.05, 3.63) is 47.5 Å². The maximum absolute atomic E-state index is 13.0. The molecule has 4 rings (SSSR count). The quantitative estimate of drug-likeness (QED) is 0.825. The normalized spacial score (nSPS) is 18.2. The lowest BCUT2D eigenvalue weighted by Gasteiger charge is -2.32. The molecule has 0 spiro atoms. The number of aromatic nitrogens is 2. The molecule has 1 saturated heterocycles. The number of ether oxygens (including phenoxy) is 1. The number of likely N-dealkylation sites (tertiary alicyclic amines) is 1. The van der Waals surface area contributed by atoms with Crippen LogP contribution >= 0.6 is 0 Å². The first-order valence-corrected chi connectivity index (χ1v) is 9.60. The summed E-state index contributed by atoms with van der Waals surface area (Å²) in [6, 6.07) is 5.78. The van der Waals surface area contributed by atoms with Crippen LogP contribution in [0.4, 0.5) is 0 Å². The van der Waals surface area contributed by atoms with Crippen molar-refractivity contribution in [1.29, 1.82) is 0 Å². The van der Waals surface area contributed by atoms with Crippen molar-refractivity contribution >= 4 is 5.91 Å². The molecule has 2 aliphatic rings. The van der Waals surface area contributed by atoms with Gasteiger partial charge in [0, 0.05) is 37.9 Å². The number of amides is 1. The monoisotopic (exact) mass is 353 g/mol. The van der Waals surface area contributed by atoms with E-state index in [0.717, 1.165) is 44.0 Å². The van der Waals surface area contributed by atoms with Gasteiger partial charge in [0.15, 0.2) is 0 Å². The topological polar surface area (TPSA) is 47.4 Å². The van der Waals surface area contributed by atoms with Crippen LogP contribution in [0.3, 0.4) is 0 Å². The number of hydrogen-bond acceptors (Lipinski definition) is 3. The van der Waals surface area contributed by atoms with Crippen LogP contribution in [0.15, 0.2) is 30.6 Å². The molecule has 0 unspecified atom stereocenters. The van der Waals surface area contributed by atoms with Gasteiger partial charge in [0.2, 0.25) is 0 Å². The summed E-state index contributed by atoms with van der Waals surface area (Å²) in [6.45, 7) is 4.66. The lowest BCUT2D eigenvalue weighted by Crippen LogP contribution is -2.38. The Morgan fingerprint density at radius 3 is 2.69 bits per heavy atom. The molecule has 1 aromatic carbocycles. The number of rotatable bonds is 5. The second-order valence-corrected chi connectivity index (χ2v) is 7.65. The third-order valence-electron chi connectivity index (χ3n) is 5.63. The van der Waals surface area contributed by atoms with Crippen LogP contribution in [-0.4, -0.2) is 40.6 Å². The summed E-state index contributed by atoms with van der Waals surface area (Å²) in [5.74, 6) is 3.23. The average Bonchev–Trinajstić information content (AvgIpc) is 3.36. The summed E-state index contributed by atoms with van der Waals surface area (Å²) < 4.78 is 7.73. The summed E-state index contributed by atoms with van der Waals surface area (Å²) in [5.41, 5.74) is 1.74. The Bertz CT molecular complexity index is 786.